The van der Waals surface area contributed by atoms with Crippen molar-refractivity contribution in [2.24, 2.45) is 22.7 Å². The van der Waals surface area contributed by atoms with Gasteiger partial charge >= 0.3 is 0 Å². The molecule has 31 heavy (non-hydrogen) atoms. The Morgan fingerprint density at radius 3 is 2.74 bits per heavy atom. The summed E-state index contributed by atoms with van der Waals surface area (Å²) in [4.78, 5) is 4.68. The molecule has 2 aliphatic rings. The van der Waals surface area contributed by atoms with Gasteiger partial charge in [0, 0.05) is 12.1 Å². The van der Waals surface area contributed by atoms with Crippen molar-refractivity contribution in [2.45, 2.75) is 58.8 Å². The molecule has 0 spiro atoms. The van der Waals surface area contributed by atoms with E-state index in [-0.39, 0.29) is 5.82 Å². The van der Waals surface area contributed by atoms with Crippen LogP contribution in [0.15, 0.2) is 78.0 Å². The SMILES string of the molecule is C=CC1=CCC(CCC(CCC(=C)C)C2CC2Cc2cc(F)ccc2/C=C/C(=C)C)=N1. The van der Waals surface area contributed by atoms with Crippen molar-refractivity contribution in [3.8, 4) is 0 Å². The van der Waals surface area contributed by atoms with Crippen molar-refractivity contribution in [1.29, 1.82) is 0 Å². The third-order valence-electron chi connectivity index (χ3n) is 6.51. The summed E-state index contributed by atoms with van der Waals surface area (Å²) in [5.41, 5.74) is 6.78. The third kappa shape index (κ3) is 7.02. The fraction of sp³-hybridized carbons (Fsp3) is 0.414. The first-order valence-corrected chi connectivity index (χ1v) is 11.5. The first kappa shape index (κ1) is 23.2. The highest BCUT2D eigenvalue weighted by atomic mass is 19.1. The predicted octanol–water partition coefficient (Wildman–Crippen LogP) is 8.26. The Morgan fingerprint density at radius 2 is 2.06 bits per heavy atom. The van der Waals surface area contributed by atoms with Crippen LogP contribution in [0, 0.1) is 23.6 Å². The molecule has 1 aromatic rings. The monoisotopic (exact) mass is 417 g/mol. The van der Waals surface area contributed by atoms with E-state index in [0.29, 0.717) is 11.8 Å². The van der Waals surface area contributed by atoms with Crippen molar-refractivity contribution in [3.63, 3.8) is 0 Å². The lowest BCUT2D eigenvalue weighted by Gasteiger charge is -2.18. The van der Waals surface area contributed by atoms with Gasteiger partial charge in [0.15, 0.2) is 0 Å². The number of halogens is 1. The second-order valence-electron chi connectivity index (χ2n) is 9.40. The van der Waals surface area contributed by atoms with Crippen LogP contribution in [-0.2, 0) is 6.42 Å². The highest BCUT2D eigenvalue weighted by molar-refractivity contribution is 5.89. The van der Waals surface area contributed by atoms with E-state index in [1.807, 2.05) is 25.1 Å². The average Bonchev–Trinajstić information content (AvgIpc) is 3.31. The maximum atomic E-state index is 14.0. The summed E-state index contributed by atoms with van der Waals surface area (Å²) in [6, 6.07) is 5.16. The van der Waals surface area contributed by atoms with E-state index >= 15 is 0 Å². The van der Waals surface area contributed by atoms with E-state index in [4.69, 9.17) is 0 Å². The normalized spacial score (nSPS) is 21.0. The smallest absolute Gasteiger partial charge is 0.123 e. The molecule has 0 amide bonds. The molecule has 0 N–H and O–H groups in total. The third-order valence-corrected chi connectivity index (χ3v) is 6.51. The second-order valence-corrected chi connectivity index (χ2v) is 9.40. The maximum absolute atomic E-state index is 14.0. The number of hydrogen-bond donors (Lipinski definition) is 0. The van der Waals surface area contributed by atoms with Crippen LogP contribution >= 0.6 is 0 Å². The number of nitrogens with zero attached hydrogens (tertiary/aromatic N) is 1. The molecule has 2 heteroatoms. The van der Waals surface area contributed by atoms with E-state index in [1.165, 1.54) is 30.5 Å². The van der Waals surface area contributed by atoms with Crippen molar-refractivity contribution in [3.05, 3.63) is 90.0 Å². The summed E-state index contributed by atoms with van der Waals surface area (Å²) in [6.07, 6.45) is 15.7. The summed E-state index contributed by atoms with van der Waals surface area (Å²) in [5, 5.41) is 0. The summed E-state index contributed by atoms with van der Waals surface area (Å²) < 4.78 is 14.0. The van der Waals surface area contributed by atoms with Gasteiger partial charge in [0.2, 0.25) is 0 Å². The molecule has 0 radical (unpaired) electrons. The van der Waals surface area contributed by atoms with Gasteiger partial charge in [-0.3, -0.25) is 4.99 Å². The van der Waals surface area contributed by atoms with Crippen LogP contribution in [0.5, 0.6) is 0 Å². The highest BCUT2D eigenvalue weighted by Gasteiger charge is 2.42. The number of benzene rings is 1. The highest BCUT2D eigenvalue weighted by Crippen LogP contribution is 2.50. The Bertz CT molecular complexity index is 930. The molecule has 1 aliphatic heterocycles. The van der Waals surface area contributed by atoms with Crippen LogP contribution in [0.25, 0.3) is 6.08 Å². The number of allylic oxidation sites excluding steroid dienone is 5. The molecule has 0 bridgehead atoms. The molecule has 0 aromatic heterocycles. The molecular formula is C29H36FN. The Morgan fingerprint density at radius 1 is 1.26 bits per heavy atom. The van der Waals surface area contributed by atoms with Crippen LogP contribution in [-0.4, -0.2) is 5.71 Å². The van der Waals surface area contributed by atoms with E-state index in [0.717, 1.165) is 54.0 Å². The average molecular weight is 418 g/mol. The van der Waals surface area contributed by atoms with Crippen LogP contribution in [0.3, 0.4) is 0 Å². The molecule has 1 saturated carbocycles. The molecule has 3 rings (SSSR count). The molecule has 1 fully saturated rings. The molecule has 1 aromatic carbocycles. The first-order valence-electron chi connectivity index (χ1n) is 11.5. The molecule has 0 saturated heterocycles. The summed E-state index contributed by atoms with van der Waals surface area (Å²) in [6.45, 7) is 16.0. The molecule has 1 aliphatic carbocycles. The van der Waals surface area contributed by atoms with Crippen molar-refractivity contribution < 1.29 is 4.39 Å². The van der Waals surface area contributed by atoms with Gasteiger partial charge in [0.05, 0.1) is 5.70 Å². The lowest BCUT2D eigenvalue weighted by molar-refractivity contribution is 0.383. The van der Waals surface area contributed by atoms with E-state index in [1.54, 1.807) is 12.1 Å². The van der Waals surface area contributed by atoms with Crippen LogP contribution < -0.4 is 0 Å². The minimum absolute atomic E-state index is 0.150. The predicted molar refractivity (Wildman–Crippen MR) is 133 cm³/mol. The first-order chi connectivity index (χ1) is 14.9. The lowest BCUT2D eigenvalue weighted by Crippen LogP contribution is -2.09. The van der Waals surface area contributed by atoms with Gasteiger partial charge < -0.3 is 0 Å². The van der Waals surface area contributed by atoms with Gasteiger partial charge in [-0.05, 0) is 99.5 Å². The van der Waals surface area contributed by atoms with Crippen molar-refractivity contribution in [1.82, 2.24) is 0 Å². The number of hydrogen-bond acceptors (Lipinski definition) is 1. The van der Waals surface area contributed by atoms with E-state index in [9.17, 15) is 4.39 Å². The molecule has 3 unspecified atom stereocenters. The number of aliphatic imine (C=N–C) groups is 1. The Balaban J connectivity index is 1.64. The maximum Gasteiger partial charge on any atom is 0.123 e. The van der Waals surface area contributed by atoms with Crippen molar-refractivity contribution in [2.75, 3.05) is 0 Å². The van der Waals surface area contributed by atoms with Crippen LogP contribution in [0.1, 0.15) is 63.5 Å². The zero-order valence-electron chi connectivity index (χ0n) is 19.2. The second kappa shape index (κ2) is 10.7. The molecule has 1 heterocycles. The fourth-order valence-electron chi connectivity index (χ4n) is 4.65. The summed E-state index contributed by atoms with van der Waals surface area (Å²) in [7, 11) is 0. The topological polar surface area (TPSA) is 12.4 Å². The quantitative estimate of drug-likeness (QED) is 0.240. The molecule has 1 nitrogen and oxygen atoms in total. The van der Waals surface area contributed by atoms with Crippen LogP contribution in [0.4, 0.5) is 4.39 Å². The Labute approximate surface area is 187 Å². The Hall–Kier alpha value is -2.48. The minimum Gasteiger partial charge on any atom is -0.258 e. The van der Waals surface area contributed by atoms with Gasteiger partial charge in [-0.2, -0.15) is 0 Å². The molecule has 3 atom stereocenters. The van der Waals surface area contributed by atoms with Crippen LogP contribution in [0.2, 0.25) is 0 Å². The van der Waals surface area contributed by atoms with Gasteiger partial charge in [0.25, 0.3) is 0 Å². The van der Waals surface area contributed by atoms with Gasteiger partial charge in [-0.25, -0.2) is 4.39 Å². The molecule has 164 valence electrons. The minimum atomic E-state index is -0.150. The van der Waals surface area contributed by atoms with Crippen molar-refractivity contribution >= 4 is 11.8 Å². The van der Waals surface area contributed by atoms with E-state index in [2.05, 4.69) is 43.8 Å². The zero-order chi connectivity index (χ0) is 22.4. The summed E-state index contributed by atoms with van der Waals surface area (Å²) in [5.74, 6) is 1.89. The molecular weight excluding hydrogens is 381 g/mol. The standard InChI is InChI=1S/C29H36FN/c1-6-27-15-16-28(31-27)14-12-23(10-8-21(4)5)29-19-25(29)17-24-18-26(30)13-11-22(24)9-7-20(2)3/h6-7,9,11,13,15,18,23,25,29H,1-2,4,8,10,12,14,16-17,19H2,3,5H3/b9-7+. The van der Waals surface area contributed by atoms with Gasteiger partial charge in [-0.1, -0.05) is 48.6 Å². The summed E-state index contributed by atoms with van der Waals surface area (Å²) >= 11 is 0. The number of rotatable bonds is 12. The van der Waals surface area contributed by atoms with Gasteiger partial charge in [0.1, 0.15) is 5.82 Å². The zero-order valence-corrected chi connectivity index (χ0v) is 19.2. The van der Waals surface area contributed by atoms with Gasteiger partial charge in [-0.15, -0.1) is 6.58 Å². The fourth-order valence-corrected chi connectivity index (χ4v) is 4.65. The largest absolute Gasteiger partial charge is 0.258 e. The van der Waals surface area contributed by atoms with E-state index < -0.39 is 0 Å². The lowest BCUT2D eigenvalue weighted by atomic mass is 9.88. The Kier molecular flexibility index (Phi) is 8.01.